The third-order valence-electron chi connectivity index (χ3n) is 4.77. The molecule has 3 nitrogen and oxygen atoms in total. The number of aromatic nitrogens is 2. The van der Waals surface area contributed by atoms with Crippen LogP contribution in [-0.4, -0.2) is 21.1 Å². The maximum absolute atomic E-state index is 5.90. The molecule has 0 saturated carbocycles. The van der Waals surface area contributed by atoms with Crippen molar-refractivity contribution >= 4 is 23.3 Å². The number of para-hydroxylation sites is 2. The van der Waals surface area contributed by atoms with Crippen LogP contribution in [0.15, 0.2) is 78.9 Å². The van der Waals surface area contributed by atoms with E-state index in [1.807, 2.05) is 0 Å². The maximum atomic E-state index is 5.90. The Balaban J connectivity index is 1.75. The fourth-order valence-corrected chi connectivity index (χ4v) is 3.91. The molecule has 4 aromatic rings. The van der Waals surface area contributed by atoms with Crippen LogP contribution in [0, 0.1) is 11.7 Å². The lowest BCUT2D eigenvalue weighted by Crippen LogP contribution is -2.21. The standard InChI is InChI=1S/C23H23N3S/c1-18-9-8-12-20(15-18)26-22-14-7-6-13-21(22)25(23(26)27)17-24(2)16-19-10-4-3-5-11-19/h3-15H,16-17H2,1-2H3. The number of rotatable bonds is 5. The average molecular weight is 374 g/mol. The first-order chi connectivity index (χ1) is 13.1. The molecule has 0 saturated heterocycles. The van der Waals surface area contributed by atoms with Crippen LogP contribution in [0.5, 0.6) is 0 Å². The molecule has 1 heterocycles. The maximum Gasteiger partial charge on any atom is 0.186 e. The molecule has 0 N–H and O–H groups in total. The summed E-state index contributed by atoms with van der Waals surface area (Å²) in [4.78, 5) is 2.29. The SMILES string of the molecule is Cc1cccc(-n2c(=S)n(CN(C)Cc3ccccc3)c3ccccc32)c1. The second kappa shape index (κ2) is 7.51. The highest BCUT2D eigenvalue weighted by molar-refractivity contribution is 7.71. The van der Waals surface area contributed by atoms with Crippen LogP contribution in [-0.2, 0) is 13.2 Å². The van der Waals surface area contributed by atoms with Gasteiger partial charge in [0.05, 0.1) is 17.7 Å². The van der Waals surface area contributed by atoms with Crippen LogP contribution in [0.2, 0.25) is 0 Å². The van der Waals surface area contributed by atoms with Crippen LogP contribution in [0.3, 0.4) is 0 Å². The molecule has 0 aliphatic heterocycles. The Kier molecular flexibility index (Phi) is 4.92. The Morgan fingerprint density at radius 2 is 1.56 bits per heavy atom. The molecular formula is C23H23N3S. The van der Waals surface area contributed by atoms with E-state index < -0.39 is 0 Å². The van der Waals surface area contributed by atoms with E-state index in [1.54, 1.807) is 0 Å². The fourth-order valence-electron chi connectivity index (χ4n) is 3.55. The van der Waals surface area contributed by atoms with Gasteiger partial charge in [-0.1, -0.05) is 54.6 Å². The molecule has 0 radical (unpaired) electrons. The van der Waals surface area contributed by atoms with E-state index in [1.165, 1.54) is 11.1 Å². The number of hydrogen-bond donors (Lipinski definition) is 0. The quantitative estimate of drug-likeness (QED) is 0.425. The summed E-state index contributed by atoms with van der Waals surface area (Å²) in [5.74, 6) is 0. The summed E-state index contributed by atoms with van der Waals surface area (Å²) >= 11 is 5.90. The predicted molar refractivity (Wildman–Crippen MR) is 115 cm³/mol. The normalized spacial score (nSPS) is 11.4. The summed E-state index contributed by atoms with van der Waals surface area (Å²) < 4.78 is 5.21. The van der Waals surface area contributed by atoms with Gasteiger partial charge in [-0.05, 0) is 61.6 Å². The van der Waals surface area contributed by atoms with E-state index in [0.29, 0.717) is 0 Å². The summed E-state index contributed by atoms with van der Waals surface area (Å²) in [5.41, 5.74) is 5.94. The van der Waals surface area contributed by atoms with E-state index in [9.17, 15) is 0 Å². The van der Waals surface area contributed by atoms with Crippen molar-refractivity contribution in [2.75, 3.05) is 7.05 Å². The lowest BCUT2D eigenvalue weighted by atomic mass is 10.2. The van der Waals surface area contributed by atoms with Crippen molar-refractivity contribution in [3.63, 3.8) is 0 Å². The third-order valence-corrected chi connectivity index (χ3v) is 5.18. The Labute approximate surface area is 165 Å². The Hall–Kier alpha value is -2.69. The lowest BCUT2D eigenvalue weighted by molar-refractivity contribution is 0.262. The Bertz CT molecular complexity index is 1130. The van der Waals surface area contributed by atoms with Crippen LogP contribution < -0.4 is 0 Å². The zero-order valence-electron chi connectivity index (χ0n) is 15.7. The van der Waals surface area contributed by atoms with E-state index in [0.717, 1.165) is 34.7 Å². The zero-order valence-corrected chi connectivity index (χ0v) is 16.5. The lowest BCUT2D eigenvalue weighted by Gasteiger charge is -2.18. The highest BCUT2D eigenvalue weighted by Gasteiger charge is 2.13. The van der Waals surface area contributed by atoms with Gasteiger partial charge in [-0.25, -0.2) is 0 Å². The zero-order chi connectivity index (χ0) is 18.8. The molecule has 27 heavy (non-hydrogen) atoms. The molecular weight excluding hydrogens is 350 g/mol. The minimum absolute atomic E-state index is 0.743. The van der Waals surface area contributed by atoms with Crippen molar-refractivity contribution in [1.82, 2.24) is 14.0 Å². The summed E-state index contributed by atoms with van der Waals surface area (Å²) in [7, 11) is 2.13. The molecule has 0 unspecified atom stereocenters. The van der Waals surface area contributed by atoms with Crippen LogP contribution >= 0.6 is 12.2 Å². The first-order valence-corrected chi connectivity index (χ1v) is 9.54. The van der Waals surface area contributed by atoms with Gasteiger partial charge in [0.1, 0.15) is 0 Å². The van der Waals surface area contributed by atoms with Gasteiger partial charge in [-0.3, -0.25) is 9.47 Å². The average Bonchev–Trinajstić information content (AvgIpc) is 2.94. The Morgan fingerprint density at radius 1 is 0.852 bits per heavy atom. The monoisotopic (exact) mass is 373 g/mol. The van der Waals surface area contributed by atoms with Crippen molar-refractivity contribution < 1.29 is 0 Å². The Morgan fingerprint density at radius 3 is 2.30 bits per heavy atom. The minimum Gasteiger partial charge on any atom is -0.303 e. The minimum atomic E-state index is 0.743. The van der Waals surface area contributed by atoms with Crippen molar-refractivity contribution in [2.45, 2.75) is 20.1 Å². The molecule has 0 amide bonds. The van der Waals surface area contributed by atoms with Crippen molar-refractivity contribution in [3.05, 3.63) is 94.8 Å². The molecule has 4 heteroatoms. The van der Waals surface area contributed by atoms with Gasteiger partial charge in [0.15, 0.2) is 4.77 Å². The van der Waals surface area contributed by atoms with Crippen LogP contribution in [0.1, 0.15) is 11.1 Å². The van der Waals surface area contributed by atoms with Gasteiger partial charge in [0, 0.05) is 12.2 Å². The smallest absolute Gasteiger partial charge is 0.186 e. The van der Waals surface area contributed by atoms with Crippen molar-refractivity contribution in [3.8, 4) is 5.69 Å². The summed E-state index contributed by atoms with van der Waals surface area (Å²) in [6.07, 6.45) is 0. The number of aryl methyl sites for hydroxylation is 1. The third kappa shape index (κ3) is 3.59. The van der Waals surface area contributed by atoms with Gasteiger partial charge in [-0.15, -0.1) is 0 Å². The second-order valence-corrected chi connectivity index (χ2v) is 7.38. The van der Waals surface area contributed by atoms with Gasteiger partial charge in [-0.2, -0.15) is 0 Å². The molecule has 3 aromatic carbocycles. The van der Waals surface area contributed by atoms with Crippen LogP contribution in [0.25, 0.3) is 16.7 Å². The fraction of sp³-hybridized carbons (Fsp3) is 0.174. The van der Waals surface area contributed by atoms with Gasteiger partial charge < -0.3 is 4.57 Å². The molecule has 0 aliphatic rings. The highest BCUT2D eigenvalue weighted by Crippen LogP contribution is 2.23. The molecule has 0 spiro atoms. The number of nitrogens with zero attached hydrogens (tertiary/aromatic N) is 3. The number of imidazole rings is 1. The van der Waals surface area contributed by atoms with E-state index in [2.05, 4.69) is 107 Å². The van der Waals surface area contributed by atoms with Crippen LogP contribution in [0.4, 0.5) is 0 Å². The molecule has 1 aromatic heterocycles. The van der Waals surface area contributed by atoms with E-state index in [4.69, 9.17) is 12.2 Å². The van der Waals surface area contributed by atoms with E-state index in [-0.39, 0.29) is 0 Å². The second-order valence-electron chi connectivity index (χ2n) is 7.01. The highest BCUT2D eigenvalue weighted by atomic mass is 32.1. The first-order valence-electron chi connectivity index (χ1n) is 9.13. The van der Waals surface area contributed by atoms with Gasteiger partial charge >= 0.3 is 0 Å². The molecule has 0 atom stereocenters. The summed E-state index contributed by atoms with van der Waals surface area (Å²) in [6, 6.07) is 27.5. The van der Waals surface area contributed by atoms with Crippen molar-refractivity contribution in [2.24, 2.45) is 0 Å². The molecule has 0 fully saturated rings. The molecule has 4 rings (SSSR count). The molecule has 0 aliphatic carbocycles. The largest absolute Gasteiger partial charge is 0.303 e. The number of benzene rings is 3. The topological polar surface area (TPSA) is 13.1 Å². The predicted octanol–water partition coefficient (Wildman–Crippen LogP) is 5.56. The summed E-state index contributed by atoms with van der Waals surface area (Å²) in [6.45, 7) is 3.74. The molecule has 0 bridgehead atoms. The van der Waals surface area contributed by atoms with Gasteiger partial charge in [0.25, 0.3) is 0 Å². The van der Waals surface area contributed by atoms with Gasteiger partial charge in [0.2, 0.25) is 0 Å². The number of hydrogen-bond acceptors (Lipinski definition) is 2. The summed E-state index contributed by atoms with van der Waals surface area (Å²) in [5, 5.41) is 0. The molecule has 136 valence electrons. The van der Waals surface area contributed by atoms with Crippen molar-refractivity contribution in [1.29, 1.82) is 0 Å². The van der Waals surface area contributed by atoms with E-state index >= 15 is 0 Å². The first kappa shape index (κ1) is 17.7. The number of fused-ring (bicyclic) bond motifs is 1.